The highest BCUT2D eigenvalue weighted by Gasteiger charge is 2.37. The highest BCUT2D eigenvalue weighted by molar-refractivity contribution is 5.74. The highest BCUT2D eigenvalue weighted by Crippen LogP contribution is 2.34. The summed E-state index contributed by atoms with van der Waals surface area (Å²) in [6.45, 7) is 4.20. The van der Waals surface area contributed by atoms with E-state index in [1.807, 2.05) is 24.3 Å². The van der Waals surface area contributed by atoms with Gasteiger partial charge in [0.25, 0.3) is 0 Å². The number of nitrogens with zero attached hydrogens (tertiary/aromatic N) is 5. The van der Waals surface area contributed by atoms with Crippen molar-refractivity contribution in [3.8, 4) is 34.0 Å². The fourth-order valence-electron chi connectivity index (χ4n) is 4.49. The molecule has 2 aliphatic rings. The van der Waals surface area contributed by atoms with E-state index >= 15 is 0 Å². The van der Waals surface area contributed by atoms with Gasteiger partial charge in [-0.1, -0.05) is 12.5 Å². The van der Waals surface area contributed by atoms with E-state index in [1.54, 1.807) is 25.4 Å². The van der Waals surface area contributed by atoms with Crippen molar-refractivity contribution in [1.82, 2.24) is 25.7 Å². The van der Waals surface area contributed by atoms with Crippen molar-refractivity contribution >= 4 is 5.82 Å². The minimum absolute atomic E-state index is 0.129. The number of methoxy groups -OCH3 is 1. The Morgan fingerprint density at radius 3 is 2.66 bits per heavy atom. The summed E-state index contributed by atoms with van der Waals surface area (Å²) in [4.78, 5) is 2.29. The Morgan fingerprint density at radius 1 is 1.09 bits per heavy atom. The molecule has 3 aromatic rings. The summed E-state index contributed by atoms with van der Waals surface area (Å²) in [6, 6.07) is 11.8. The molecule has 5 rings (SSSR count). The van der Waals surface area contributed by atoms with Gasteiger partial charge in [-0.25, -0.2) is 0 Å². The van der Waals surface area contributed by atoms with Crippen LogP contribution in [0.25, 0.3) is 22.4 Å². The van der Waals surface area contributed by atoms with Crippen LogP contribution < -0.4 is 15.0 Å². The summed E-state index contributed by atoms with van der Waals surface area (Å²) in [5, 5.41) is 31.1. The maximum absolute atomic E-state index is 10.6. The van der Waals surface area contributed by atoms with Crippen LogP contribution in [-0.4, -0.2) is 57.3 Å². The van der Waals surface area contributed by atoms with E-state index in [2.05, 4.69) is 37.5 Å². The van der Waals surface area contributed by atoms with Crippen LogP contribution in [0.4, 0.5) is 5.82 Å². The summed E-state index contributed by atoms with van der Waals surface area (Å²) < 4.78 is 5.13. The predicted octanol–water partition coefficient (Wildman–Crippen LogP) is 3.43. The molecule has 1 atom stereocenters. The number of aromatic hydroxyl groups is 1. The van der Waals surface area contributed by atoms with Crippen LogP contribution in [0.3, 0.4) is 0 Å². The third kappa shape index (κ3) is 4.10. The van der Waals surface area contributed by atoms with Crippen LogP contribution in [0, 0.1) is 0 Å². The molecule has 8 heteroatoms. The van der Waals surface area contributed by atoms with Crippen molar-refractivity contribution in [3.63, 3.8) is 0 Å². The second kappa shape index (κ2) is 8.35. The van der Waals surface area contributed by atoms with E-state index in [0.717, 1.165) is 36.5 Å². The summed E-state index contributed by atoms with van der Waals surface area (Å²) in [5.41, 5.74) is 3.04. The van der Waals surface area contributed by atoms with Gasteiger partial charge < -0.3 is 20.1 Å². The van der Waals surface area contributed by atoms with Crippen molar-refractivity contribution in [1.29, 1.82) is 0 Å². The van der Waals surface area contributed by atoms with Crippen LogP contribution in [0.1, 0.15) is 32.6 Å². The van der Waals surface area contributed by atoms with Crippen molar-refractivity contribution in [2.75, 3.05) is 25.1 Å². The molecule has 2 N–H and O–H groups in total. The van der Waals surface area contributed by atoms with Crippen LogP contribution in [0.5, 0.6) is 11.6 Å². The predicted molar refractivity (Wildman–Crippen MR) is 123 cm³/mol. The second-order valence-electron chi connectivity index (χ2n) is 9.00. The first-order chi connectivity index (χ1) is 15.5. The standard InChI is InChI=1S/C24H28N6O2/c1-24(26-18-4-3-5-18)10-11-30(15-24)22-9-8-20(27-28-22)19-7-6-16(12-21(19)31)17-13-23(32-2)29-25-14-17/h6-9,12-14,18,26,31H,3-5,10-11,15H2,1-2H3/t24-/m1/s1. The maximum Gasteiger partial charge on any atom is 0.233 e. The number of anilines is 1. The van der Waals surface area contributed by atoms with E-state index in [0.29, 0.717) is 23.2 Å². The number of benzene rings is 1. The zero-order valence-electron chi connectivity index (χ0n) is 18.5. The highest BCUT2D eigenvalue weighted by atomic mass is 16.5. The first-order valence-corrected chi connectivity index (χ1v) is 11.1. The van der Waals surface area contributed by atoms with Crippen LogP contribution in [0.15, 0.2) is 42.6 Å². The Balaban J connectivity index is 1.30. The third-order valence-corrected chi connectivity index (χ3v) is 6.55. The molecule has 0 unspecified atom stereocenters. The summed E-state index contributed by atoms with van der Waals surface area (Å²) in [6.07, 6.45) is 6.65. The van der Waals surface area contributed by atoms with Gasteiger partial charge in [-0.05, 0) is 56.0 Å². The molecule has 2 aromatic heterocycles. The number of hydrogen-bond acceptors (Lipinski definition) is 8. The van der Waals surface area contributed by atoms with E-state index < -0.39 is 0 Å². The van der Waals surface area contributed by atoms with Gasteiger partial charge >= 0.3 is 0 Å². The van der Waals surface area contributed by atoms with E-state index in [1.165, 1.54) is 19.3 Å². The molecule has 1 aliphatic carbocycles. The zero-order chi connectivity index (χ0) is 22.1. The number of nitrogens with one attached hydrogen (secondary N) is 1. The lowest BCUT2D eigenvalue weighted by atomic mass is 9.89. The Bertz CT molecular complexity index is 1100. The van der Waals surface area contributed by atoms with Gasteiger partial charge in [-0.3, -0.25) is 0 Å². The number of aromatic nitrogens is 4. The molecule has 2 fully saturated rings. The first kappa shape index (κ1) is 20.6. The van der Waals surface area contributed by atoms with Gasteiger partial charge in [-0.2, -0.15) is 5.10 Å². The largest absolute Gasteiger partial charge is 0.507 e. The van der Waals surface area contributed by atoms with Crippen molar-refractivity contribution in [2.45, 2.75) is 44.2 Å². The number of phenols is 1. The quantitative estimate of drug-likeness (QED) is 0.612. The average molecular weight is 433 g/mol. The maximum atomic E-state index is 10.6. The molecule has 0 radical (unpaired) electrons. The lowest BCUT2D eigenvalue weighted by Crippen LogP contribution is -2.52. The molecular weight excluding hydrogens is 404 g/mol. The van der Waals surface area contributed by atoms with Crippen LogP contribution in [-0.2, 0) is 0 Å². The van der Waals surface area contributed by atoms with Gasteiger partial charge in [0.2, 0.25) is 5.88 Å². The molecular formula is C24H28N6O2. The van der Waals surface area contributed by atoms with Crippen molar-refractivity contribution < 1.29 is 9.84 Å². The molecule has 32 heavy (non-hydrogen) atoms. The summed E-state index contributed by atoms with van der Waals surface area (Å²) >= 11 is 0. The normalized spacial score (nSPS) is 20.9. The number of phenolic OH excluding ortho intramolecular Hbond substituents is 1. The van der Waals surface area contributed by atoms with Gasteiger partial charge in [0.15, 0.2) is 5.82 Å². The zero-order valence-corrected chi connectivity index (χ0v) is 18.5. The Hall–Kier alpha value is -3.26. The Kier molecular flexibility index (Phi) is 5.38. The molecule has 0 amide bonds. The smallest absolute Gasteiger partial charge is 0.233 e. The number of rotatable bonds is 6. The van der Waals surface area contributed by atoms with Gasteiger partial charge in [0.1, 0.15) is 5.75 Å². The minimum atomic E-state index is 0.129. The average Bonchev–Trinajstić information content (AvgIpc) is 3.19. The summed E-state index contributed by atoms with van der Waals surface area (Å²) in [5.74, 6) is 1.44. The molecule has 8 nitrogen and oxygen atoms in total. The van der Waals surface area contributed by atoms with Crippen LogP contribution >= 0.6 is 0 Å². The molecule has 1 aliphatic heterocycles. The molecule has 3 heterocycles. The SMILES string of the molecule is COc1cc(-c2ccc(-c3ccc(N4CC[C@@](C)(NC5CCC5)C4)nn3)c(O)c2)cnn1. The topological polar surface area (TPSA) is 96.3 Å². The lowest BCUT2D eigenvalue weighted by Gasteiger charge is -2.36. The second-order valence-corrected chi connectivity index (χ2v) is 9.00. The van der Waals surface area contributed by atoms with E-state index in [4.69, 9.17) is 4.74 Å². The third-order valence-electron chi connectivity index (χ3n) is 6.55. The number of ether oxygens (including phenoxy) is 1. The molecule has 1 saturated carbocycles. The van der Waals surface area contributed by atoms with Gasteiger partial charge in [0, 0.05) is 41.9 Å². The van der Waals surface area contributed by atoms with Crippen LogP contribution in [0.2, 0.25) is 0 Å². The fourth-order valence-corrected chi connectivity index (χ4v) is 4.49. The Morgan fingerprint density at radius 2 is 1.97 bits per heavy atom. The Labute approximate surface area is 187 Å². The minimum Gasteiger partial charge on any atom is -0.507 e. The molecule has 0 spiro atoms. The van der Waals surface area contributed by atoms with Gasteiger partial charge in [-0.15, -0.1) is 15.3 Å². The lowest BCUT2D eigenvalue weighted by molar-refractivity contribution is 0.253. The summed E-state index contributed by atoms with van der Waals surface area (Å²) in [7, 11) is 1.55. The molecule has 166 valence electrons. The van der Waals surface area contributed by atoms with E-state index in [9.17, 15) is 5.11 Å². The molecule has 0 bridgehead atoms. The monoisotopic (exact) mass is 432 g/mol. The molecule has 1 aromatic carbocycles. The van der Waals surface area contributed by atoms with Crippen molar-refractivity contribution in [3.05, 3.63) is 42.6 Å². The van der Waals surface area contributed by atoms with Gasteiger partial charge in [0.05, 0.1) is 19.0 Å². The van der Waals surface area contributed by atoms with Crippen molar-refractivity contribution in [2.24, 2.45) is 0 Å². The molecule has 1 saturated heterocycles. The number of hydrogen-bond donors (Lipinski definition) is 2. The van der Waals surface area contributed by atoms with E-state index in [-0.39, 0.29) is 11.3 Å². The first-order valence-electron chi connectivity index (χ1n) is 11.1. The fraction of sp³-hybridized carbons (Fsp3) is 0.417.